The Morgan fingerprint density at radius 3 is 1.19 bits per heavy atom. The first-order valence-corrected chi connectivity index (χ1v) is 25.5. The average molecular weight is 852 g/mol. The van der Waals surface area contributed by atoms with Crippen LogP contribution in [0.25, 0.3) is 0 Å². The molecule has 58 heavy (non-hydrogen) atoms. The van der Waals surface area contributed by atoms with E-state index in [9.17, 15) is 44.9 Å². The minimum atomic E-state index is -5.05. The highest BCUT2D eigenvalue weighted by molar-refractivity contribution is 7.47. The van der Waals surface area contributed by atoms with Crippen molar-refractivity contribution in [3.63, 3.8) is 0 Å². The molecular weight excluding hydrogens is 761 g/mol. The first-order chi connectivity index (χ1) is 27.9. The first kappa shape index (κ1) is 55.4. The van der Waals surface area contributed by atoms with Crippen molar-refractivity contribution < 1.29 is 53.9 Å². The molecule has 0 aromatic heterocycles. The summed E-state index contributed by atoms with van der Waals surface area (Å²) in [5, 5.41) is 64.2. The Bertz CT molecular complexity index is 994. The number of nitrogens with one attached hydrogen (secondary N) is 1. The zero-order chi connectivity index (χ0) is 42.9. The summed E-state index contributed by atoms with van der Waals surface area (Å²) in [6.45, 7) is 3.90. The van der Waals surface area contributed by atoms with Crippen LogP contribution in [0.4, 0.5) is 0 Å². The van der Waals surface area contributed by atoms with E-state index in [1.807, 2.05) is 0 Å². The molecule has 1 fully saturated rings. The summed E-state index contributed by atoms with van der Waals surface area (Å²) < 4.78 is 23.0. The van der Waals surface area contributed by atoms with Gasteiger partial charge in [0.25, 0.3) is 0 Å². The van der Waals surface area contributed by atoms with Crippen LogP contribution in [0.1, 0.15) is 226 Å². The van der Waals surface area contributed by atoms with E-state index in [0.29, 0.717) is 19.3 Å². The molecule has 1 aliphatic carbocycles. The molecule has 346 valence electrons. The molecule has 0 saturated heterocycles. The van der Waals surface area contributed by atoms with Crippen LogP contribution in [0.3, 0.4) is 0 Å². The summed E-state index contributed by atoms with van der Waals surface area (Å²) in [4.78, 5) is 23.4. The number of amides is 1. The van der Waals surface area contributed by atoms with E-state index in [2.05, 4.69) is 19.2 Å². The topological polar surface area (TPSA) is 206 Å². The molecule has 1 aliphatic rings. The zero-order valence-electron chi connectivity index (χ0n) is 36.9. The molecule has 0 bridgehead atoms. The number of unbranched alkanes of at least 4 members (excludes halogenated alkanes) is 29. The normalized spacial score (nSPS) is 23.1. The lowest BCUT2D eigenvalue weighted by Crippen LogP contribution is -2.64. The van der Waals surface area contributed by atoms with Crippen molar-refractivity contribution in [3.05, 3.63) is 0 Å². The SMILES string of the molecule is CCCCCCCCCCCCCCCCCC[C@@H](O)[C@H](COP(=O)(O)OC1C(O)C(O)C(O)[C@@H](O)C1O)NC(=O)CCCCCCCCCCCCCCCCC. The van der Waals surface area contributed by atoms with Crippen LogP contribution in [-0.2, 0) is 18.4 Å². The summed E-state index contributed by atoms with van der Waals surface area (Å²) in [5.41, 5.74) is 0. The van der Waals surface area contributed by atoms with E-state index in [1.165, 1.54) is 148 Å². The summed E-state index contributed by atoms with van der Waals surface area (Å²) in [5.74, 6) is -0.304. The number of rotatable bonds is 40. The number of hydrogen-bond acceptors (Lipinski definition) is 10. The van der Waals surface area contributed by atoms with E-state index in [4.69, 9.17) is 9.05 Å². The summed E-state index contributed by atoms with van der Waals surface area (Å²) in [7, 11) is -5.05. The smallest absolute Gasteiger partial charge is 0.391 e. The maximum Gasteiger partial charge on any atom is 0.472 e. The van der Waals surface area contributed by atoms with Gasteiger partial charge in [0, 0.05) is 6.42 Å². The summed E-state index contributed by atoms with van der Waals surface area (Å²) in [6, 6.07) is -1.02. The minimum Gasteiger partial charge on any atom is -0.391 e. The van der Waals surface area contributed by atoms with E-state index < -0.39 is 63.2 Å². The monoisotopic (exact) mass is 852 g/mol. The molecule has 6 unspecified atom stereocenters. The maximum atomic E-state index is 13.0. The lowest BCUT2D eigenvalue weighted by molar-refractivity contribution is -0.220. The Balaban J connectivity index is 2.45. The second-order valence-electron chi connectivity index (χ2n) is 17.3. The van der Waals surface area contributed by atoms with E-state index in [0.717, 1.165) is 38.5 Å². The Kier molecular flexibility index (Phi) is 34.3. The number of carbonyl (C=O) groups excluding carboxylic acids is 1. The van der Waals surface area contributed by atoms with E-state index >= 15 is 0 Å². The fourth-order valence-corrected chi connectivity index (χ4v) is 8.93. The molecule has 1 amide bonds. The molecule has 12 nitrogen and oxygen atoms in total. The van der Waals surface area contributed by atoms with Gasteiger partial charge in [0.1, 0.15) is 36.6 Å². The number of hydrogen-bond donors (Lipinski definition) is 8. The van der Waals surface area contributed by atoms with Crippen LogP contribution in [0.15, 0.2) is 0 Å². The van der Waals surface area contributed by atoms with Crippen LogP contribution in [0.5, 0.6) is 0 Å². The van der Waals surface area contributed by atoms with Gasteiger partial charge in [0.15, 0.2) is 0 Å². The van der Waals surface area contributed by atoms with Crippen LogP contribution >= 0.6 is 7.82 Å². The van der Waals surface area contributed by atoms with Gasteiger partial charge in [-0.3, -0.25) is 13.8 Å². The van der Waals surface area contributed by atoms with Crippen LogP contribution in [0, 0.1) is 0 Å². The zero-order valence-corrected chi connectivity index (χ0v) is 37.8. The molecule has 13 heteroatoms. The molecule has 0 aliphatic heterocycles. The number of carbonyl (C=O) groups is 1. The highest BCUT2D eigenvalue weighted by Crippen LogP contribution is 2.47. The van der Waals surface area contributed by atoms with Crippen molar-refractivity contribution in [2.45, 2.75) is 275 Å². The fraction of sp³-hybridized carbons (Fsp3) is 0.978. The molecule has 1 rings (SSSR count). The van der Waals surface area contributed by atoms with Crippen molar-refractivity contribution >= 4 is 13.7 Å². The van der Waals surface area contributed by atoms with Gasteiger partial charge < -0.3 is 40.8 Å². The number of aliphatic hydroxyl groups is 6. The number of aliphatic hydroxyl groups excluding tert-OH is 6. The molecule has 8 N–H and O–H groups in total. The van der Waals surface area contributed by atoms with Gasteiger partial charge in [-0.25, -0.2) is 4.57 Å². The van der Waals surface area contributed by atoms with Gasteiger partial charge in [-0.15, -0.1) is 0 Å². The van der Waals surface area contributed by atoms with Crippen molar-refractivity contribution in [2.75, 3.05) is 6.61 Å². The van der Waals surface area contributed by atoms with Gasteiger partial charge in [-0.1, -0.05) is 206 Å². The molecular formula is C45H90NO11P. The third kappa shape index (κ3) is 27.3. The van der Waals surface area contributed by atoms with Crippen LogP contribution in [0.2, 0.25) is 0 Å². The molecule has 0 heterocycles. The van der Waals surface area contributed by atoms with Gasteiger partial charge in [0.05, 0.1) is 18.8 Å². The molecule has 0 spiro atoms. The Morgan fingerprint density at radius 2 is 0.828 bits per heavy atom. The lowest BCUT2D eigenvalue weighted by Gasteiger charge is -2.41. The van der Waals surface area contributed by atoms with Crippen molar-refractivity contribution in [1.82, 2.24) is 5.32 Å². The largest absolute Gasteiger partial charge is 0.472 e. The van der Waals surface area contributed by atoms with Crippen molar-refractivity contribution in [1.29, 1.82) is 0 Å². The second-order valence-corrected chi connectivity index (χ2v) is 18.7. The fourth-order valence-electron chi connectivity index (χ4n) is 7.97. The molecule has 1 saturated carbocycles. The van der Waals surface area contributed by atoms with Crippen molar-refractivity contribution in [2.24, 2.45) is 0 Å². The molecule has 0 radical (unpaired) electrons. The Morgan fingerprint density at radius 1 is 0.517 bits per heavy atom. The third-order valence-electron chi connectivity index (χ3n) is 11.9. The third-order valence-corrected chi connectivity index (χ3v) is 12.9. The number of phosphoric acid groups is 1. The molecule has 0 aromatic carbocycles. The summed E-state index contributed by atoms with van der Waals surface area (Å²) >= 11 is 0. The van der Waals surface area contributed by atoms with Gasteiger partial charge >= 0.3 is 7.82 Å². The minimum absolute atomic E-state index is 0.242. The first-order valence-electron chi connectivity index (χ1n) is 24.0. The summed E-state index contributed by atoms with van der Waals surface area (Å²) in [6.07, 6.45) is 25.6. The van der Waals surface area contributed by atoms with E-state index in [1.54, 1.807) is 0 Å². The standard InChI is InChI=1S/C45H90NO11P/c1-3-5-7-9-11-13-15-17-19-21-22-24-26-28-30-32-34-38(47)37(36-56-58(54,55)57-45-43(52)41(50)40(49)42(51)44(45)53)46-39(48)35-33-31-29-27-25-23-20-18-16-14-12-10-8-6-4-2/h37-38,40-45,47,49-53H,3-36H2,1-2H3,(H,46,48)(H,54,55)/t37-,38+,40?,41+,42?,43?,44?,45?/m0/s1. The maximum absolute atomic E-state index is 13.0. The van der Waals surface area contributed by atoms with Gasteiger partial charge in [0.2, 0.25) is 5.91 Å². The average Bonchev–Trinajstić information content (AvgIpc) is 3.20. The predicted octanol–water partition coefficient (Wildman–Crippen LogP) is 9.07. The molecule has 9 atom stereocenters. The van der Waals surface area contributed by atoms with E-state index in [-0.39, 0.29) is 12.3 Å². The highest BCUT2D eigenvalue weighted by atomic mass is 31.2. The number of phosphoric ester groups is 1. The lowest BCUT2D eigenvalue weighted by atomic mass is 9.85. The van der Waals surface area contributed by atoms with Crippen LogP contribution in [-0.4, -0.2) is 96.8 Å². The predicted molar refractivity (Wildman–Crippen MR) is 232 cm³/mol. The quantitative estimate of drug-likeness (QED) is 0.0216. The van der Waals surface area contributed by atoms with Crippen molar-refractivity contribution in [3.8, 4) is 0 Å². The highest BCUT2D eigenvalue weighted by Gasteiger charge is 2.51. The van der Waals surface area contributed by atoms with Gasteiger partial charge in [-0.05, 0) is 12.8 Å². The van der Waals surface area contributed by atoms with Crippen LogP contribution < -0.4 is 5.32 Å². The molecule has 0 aromatic rings. The Hall–Kier alpha value is -0.660. The van der Waals surface area contributed by atoms with Gasteiger partial charge in [-0.2, -0.15) is 0 Å². The Labute approximate surface area is 353 Å². The second kappa shape index (κ2) is 35.9.